The Kier molecular flexibility index (Phi) is 5.33. The Hall–Kier alpha value is -0.210. The topological polar surface area (TPSA) is 84.7 Å². The zero-order valence-corrected chi connectivity index (χ0v) is 11.5. The monoisotopic (exact) mass is 265 g/mol. The van der Waals surface area contributed by atoms with Gasteiger partial charge in [0.1, 0.15) is 0 Å². The Balaban J connectivity index is 2.57. The minimum absolute atomic E-state index is 0.0739. The Bertz CT molecular complexity index is 324. The maximum absolute atomic E-state index is 12.0. The van der Waals surface area contributed by atoms with E-state index in [1.54, 1.807) is 0 Å². The average molecular weight is 265 g/mol. The fourth-order valence-corrected chi connectivity index (χ4v) is 3.19. The summed E-state index contributed by atoms with van der Waals surface area (Å²) in [6.07, 6.45) is 0.601. The summed E-state index contributed by atoms with van der Waals surface area (Å²) in [4.78, 5) is 0. The molecule has 1 heterocycles. The van der Waals surface area contributed by atoms with Crippen LogP contribution in [0.3, 0.4) is 0 Å². The molecule has 1 saturated heterocycles. The largest absolute Gasteiger partial charge is 0.373 e. The van der Waals surface area contributed by atoms with Crippen molar-refractivity contribution in [3.8, 4) is 0 Å². The SMILES string of the molecule is CCC(N)CNS(=O)(=O)N1CC(C)OC(C)C1. The van der Waals surface area contributed by atoms with Crippen LogP contribution >= 0.6 is 0 Å². The second kappa shape index (κ2) is 6.10. The van der Waals surface area contributed by atoms with Gasteiger partial charge in [-0.05, 0) is 20.3 Å². The summed E-state index contributed by atoms with van der Waals surface area (Å²) in [5.41, 5.74) is 5.69. The number of rotatable bonds is 5. The molecule has 0 saturated carbocycles. The fourth-order valence-electron chi connectivity index (χ4n) is 1.77. The van der Waals surface area contributed by atoms with Gasteiger partial charge in [-0.3, -0.25) is 0 Å². The zero-order chi connectivity index (χ0) is 13.1. The van der Waals surface area contributed by atoms with E-state index >= 15 is 0 Å². The Morgan fingerprint density at radius 2 is 1.94 bits per heavy atom. The molecule has 3 N–H and O–H groups in total. The van der Waals surface area contributed by atoms with E-state index in [2.05, 4.69) is 4.72 Å². The highest BCUT2D eigenvalue weighted by Gasteiger charge is 2.30. The maximum atomic E-state index is 12.0. The van der Waals surface area contributed by atoms with Gasteiger partial charge in [0.2, 0.25) is 0 Å². The second-order valence-corrected chi connectivity index (χ2v) is 6.35. The van der Waals surface area contributed by atoms with Crippen LogP contribution in [0.25, 0.3) is 0 Å². The Morgan fingerprint density at radius 1 is 1.41 bits per heavy atom. The molecule has 0 aliphatic carbocycles. The smallest absolute Gasteiger partial charge is 0.279 e. The number of nitrogens with zero attached hydrogens (tertiary/aromatic N) is 1. The lowest BCUT2D eigenvalue weighted by Crippen LogP contribution is -2.53. The lowest BCUT2D eigenvalue weighted by Gasteiger charge is -2.34. The van der Waals surface area contributed by atoms with Gasteiger partial charge < -0.3 is 10.5 Å². The first-order valence-corrected chi connectivity index (χ1v) is 7.45. The van der Waals surface area contributed by atoms with Gasteiger partial charge in [0.25, 0.3) is 10.2 Å². The molecular weight excluding hydrogens is 242 g/mol. The number of nitrogens with one attached hydrogen (secondary N) is 1. The van der Waals surface area contributed by atoms with Crippen LogP contribution in [0.5, 0.6) is 0 Å². The third-order valence-corrected chi connectivity index (χ3v) is 4.29. The van der Waals surface area contributed by atoms with Crippen molar-refractivity contribution in [1.29, 1.82) is 0 Å². The summed E-state index contributed by atoms with van der Waals surface area (Å²) in [6, 6.07) is -0.138. The van der Waals surface area contributed by atoms with Crippen LogP contribution in [0, 0.1) is 0 Å². The van der Waals surface area contributed by atoms with Crippen molar-refractivity contribution < 1.29 is 13.2 Å². The summed E-state index contributed by atoms with van der Waals surface area (Å²) in [5.74, 6) is 0. The molecule has 6 nitrogen and oxygen atoms in total. The first-order valence-electron chi connectivity index (χ1n) is 6.01. The molecule has 0 aromatic rings. The molecule has 0 bridgehead atoms. The first-order chi connectivity index (χ1) is 7.85. The van der Waals surface area contributed by atoms with Crippen molar-refractivity contribution in [2.45, 2.75) is 45.4 Å². The zero-order valence-electron chi connectivity index (χ0n) is 10.7. The number of hydrogen-bond donors (Lipinski definition) is 2. The van der Waals surface area contributed by atoms with Crippen LogP contribution in [0.15, 0.2) is 0 Å². The average Bonchev–Trinajstić information content (AvgIpc) is 2.24. The number of ether oxygens (including phenoxy) is 1. The van der Waals surface area contributed by atoms with E-state index in [1.165, 1.54) is 4.31 Å². The molecular formula is C10H23N3O3S. The fraction of sp³-hybridized carbons (Fsp3) is 1.00. The minimum Gasteiger partial charge on any atom is -0.373 e. The Morgan fingerprint density at radius 3 is 2.41 bits per heavy atom. The highest BCUT2D eigenvalue weighted by atomic mass is 32.2. The van der Waals surface area contributed by atoms with Gasteiger partial charge in [-0.2, -0.15) is 12.7 Å². The van der Waals surface area contributed by atoms with E-state index in [1.807, 2.05) is 20.8 Å². The molecule has 0 amide bonds. The summed E-state index contributed by atoms with van der Waals surface area (Å²) in [7, 11) is -3.43. The van der Waals surface area contributed by atoms with Gasteiger partial charge >= 0.3 is 0 Å². The van der Waals surface area contributed by atoms with Crippen molar-refractivity contribution in [3.63, 3.8) is 0 Å². The lowest BCUT2D eigenvalue weighted by atomic mass is 10.2. The van der Waals surface area contributed by atoms with E-state index < -0.39 is 10.2 Å². The molecule has 1 fully saturated rings. The van der Waals surface area contributed by atoms with Crippen molar-refractivity contribution >= 4 is 10.2 Å². The molecule has 0 aromatic carbocycles. The molecule has 0 spiro atoms. The van der Waals surface area contributed by atoms with Crippen LogP contribution in [0.2, 0.25) is 0 Å². The molecule has 3 atom stereocenters. The summed E-state index contributed by atoms with van der Waals surface area (Å²) in [5, 5.41) is 0. The van der Waals surface area contributed by atoms with Crippen molar-refractivity contribution in [2.24, 2.45) is 5.73 Å². The molecule has 7 heteroatoms. The molecule has 1 aliphatic rings. The standard InChI is InChI=1S/C10H23N3O3S/c1-4-10(11)5-12-17(14,15)13-6-8(2)16-9(3)7-13/h8-10,12H,4-7,11H2,1-3H3. The van der Waals surface area contributed by atoms with Gasteiger partial charge in [0, 0.05) is 25.7 Å². The van der Waals surface area contributed by atoms with E-state index in [4.69, 9.17) is 10.5 Å². The minimum atomic E-state index is -3.43. The van der Waals surface area contributed by atoms with Gasteiger partial charge in [-0.15, -0.1) is 0 Å². The maximum Gasteiger partial charge on any atom is 0.279 e. The third-order valence-electron chi connectivity index (χ3n) is 2.78. The van der Waals surface area contributed by atoms with Gasteiger partial charge in [-0.25, -0.2) is 4.72 Å². The molecule has 17 heavy (non-hydrogen) atoms. The highest BCUT2D eigenvalue weighted by Crippen LogP contribution is 2.13. The van der Waals surface area contributed by atoms with E-state index in [0.717, 1.165) is 6.42 Å². The predicted molar refractivity (Wildman–Crippen MR) is 66.8 cm³/mol. The van der Waals surface area contributed by atoms with Crippen LogP contribution < -0.4 is 10.5 Å². The molecule has 0 aromatic heterocycles. The molecule has 102 valence electrons. The van der Waals surface area contributed by atoms with E-state index in [0.29, 0.717) is 13.1 Å². The third kappa shape index (κ3) is 4.51. The molecule has 0 radical (unpaired) electrons. The van der Waals surface area contributed by atoms with Gasteiger partial charge in [-0.1, -0.05) is 6.92 Å². The van der Waals surface area contributed by atoms with Gasteiger partial charge in [0.05, 0.1) is 12.2 Å². The quantitative estimate of drug-likeness (QED) is 0.712. The van der Waals surface area contributed by atoms with Crippen molar-refractivity contribution in [3.05, 3.63) is 0 Å². The van der Waals surface area contributed by atoms with Crippen molar-refractivity contribution in [2.75, 3.05) is 19.6 Å². The predicted octanol–water partition coefficient (Wildman–Crippen LogP) is -0.333. The van der Waals surface area contributed by atoms with Crippen LogP contribution in [-0.2, 0) is 14.9 Å². The molecule has 3 unspecified atom stereocenters. The van der Waals surface area contributed by atoms with Crippen LogP contribution in [0.1, 0.15) is 27.2 Å². The molecule has 1 rings (SSSR count). The van der Waals surface area contributed by atoms with Crippen molar-refractivity contribution in [1.82, 2.24) is 9.03 Å². The van der Waals surface area contributed by atoms with Crippen LogP contribution in [-0.4, -0.2) is 50.6 Å². The number of hydrogen-bond acceptors (Lipinski definition) is 4. The second-order valence-electron chi connectivity index (χ2n) is 4.60. The Labute approximate surface area is 104 Å². The highest BCUT2D eigenvalue weighted by molar-refractivity contribution is 7.87. The summed E-state index contributed by atoms with van der Waals surface area (Å²) < 4.78 is 33.5. The van der Waals surface area contributed by atoms with Gasteiger partial charge in [0.15, 0.2) is 0 Å². The number of nitrogens with two attached hydrogens (primary N) is 1. The van der Waals surface area contributed by atoms with E-state index in [-0.39, 0.29) is 24.8 Å². The first kappa shape index (κ1) is 14.8. The number of morpholine rings is 1. The van der Waals surface area contributed by atoms with Crippen LogP contribution in [0.4, 0.5) is 0 Å². The molecule has 1 aliphatic heterocycles. The normalized spacial score (nSPS) is 29.2. The summed E-state index contributed by atoms with van der Waals surface area (Å²) in [6.45, 7) is 6.73. The van der Waals surface area contributed by atoms with E-state index in [9.17, 15) is 8.42 Å². The summed E-state index contributed by atoms with van der Waals surface area (Å²) >= 11 is 0. The lowest BCUT2D eigenvalue weighted by molar-refractivity contribution is -0.0443.